The first-order chi connectivity index (χ1) is 18.4. The molecule has 3 heterocycles. The number of aromatic nitrogens is 4. The van der Waals surface area contributed by atoms with Gasteiger partial charge in [0.05, 0.1) is 6.04 Å². The molecule has 216 valence electrons. The van der Waals surface area contributed by atoms with Gasteiger partial charge in [-0.1, -0.05) is 74.5 Å². The number of H-pyrrole nitrogens is 1. The van der Waals surface area contributed by atoms with Crippen LogP contribution in [0.5, 0.6) is 0 Å². The molecule has 0 aliphatic carbocycles. The molecular weight excluding hydrogens is 547 g/mol. The summed E-state index contributed by atoms with van der Waals surface area (Å²) in [5, 5.41) is 0. The standard InChI is InChI=1S/C30H38N6O2.2ClH/c1-22(2)21-36-28-26(29(37)33(3)30(36)38)31-25(32-28)15-10-16-34-17-19-35(20-18-34)27(23-11-6-4-7-12-23)24-13-8-5-9-14-24;;/h4-9,11-14,22,27H,10,15-21H2,1-3H3,(H,31,32);2*1H. The number of benzene rings is 2. The minimum absolute atomic E-state index is 0. The van der Waals surface area contributed by atoms with E-state index in [-0.39, 0.29) is 48.0 Å². The number of hydrogen-bond acceptors (Lipinski definition) is 5. The molecule has 1 saturated heterocycles. The lowest BCUT2D eigenvalue weighted by Gasteiger charge is -2.39. The smallest absolute Gasteiger partial charge is 0.332 e. The molecule has 10 heteroatoms. The molecule has 4 aromatic rings. The lowest BCUT2D eigenvalue weighted by Crippen LogP contribution is -2.48. The van der Waals surface area contributed by atoms with Gasteiger partial charge in [-0.25, -0.2) is 9.78 Å². The maximum atomic E-state index is 12.7. The molecule has 1 aliphatic rings. The Labute approximate surface area is 247 Å². The van der Waals surface area contributed by atoms with Crippen LogP contribution in [0.4, 0.5) is 0 Å². The molecule has 0 radical (unpaired) electrons. The molecule has 1 fully saturated rings. The highest BCUT2D eigenvalue weighted by atomic mass is 35.5. The van der Waals surface area contributed by atoms with Crippen molar-refractivity contribution in [3.05, 3.63) is 98.5 Å². The maximum Gasteiger partial charge on any atom is 0.332 e. The fourth-order valence-corrected chi connectivity index (χ4v) is 5.53. The average Bonchev–Trinajstić information content (AvgIpc) is 3.36. The summed E-state index contributed by atoms with van der Waals surface area (Å²) in [6.07, 6.45) is 1.68. The molecule has 1 aliphatic heterocycles. The highest BCUT2D eigenvalue weighted by molar-refractivity contribution is 5.85. The number of nitrogens with one attached hydrogen (secondary N) is 1. The minimum atomic E-state index is -0.314. The summed E-state index contributed by atoms with van der Waals surface area (Å²) in [5.74, 6) is 1.04. The van der Waals surface area contributed by atoms with Gasteiger partial charge in [-0.2, -0.15) is 0 Å². The van der Waals surface area contributed by atoms with Crippen LogP contribution in [0.1, 0.15) is 43.3 Å². The summed E-state index contributed by atoms with van der Waals surface area (Å²) >= 11 is 0. The zero-order valence-electron chi connectivity index (χ0n) is 23.5. The second-order valence-electron chi connectivity index (χ2n) is 10.7. The Kier molecular flexibility index (Phi) is 11.2. The summed E-state index contributed by atoms with van der Waals surface area (Å²) in [4.78, 5) is 38.4. The summed E-state index contributed by atoms with van der Waals surface area (Å²) in [5.41, 5.74) is 2.94. The van der Waals surface area contributed by atoms with Crippen LogP contribution in [-0.4, -0.2) is 61.6 Å². The Bertz CT molecular complexity index is 1440. The fraction of sp³-hybridized carbons (Fsp3) is 0.433. The van der Waals surface area contributed by atoms with E-state index in [0.717, 1.165) is 51.4 Å². The Morgan fingerprint density at radius 2 is 1.45 bits per heavy atom. The van der Waals surface area contributed by atoms with Gasteiger partial charge < -0.3 is 9.88 Å². The summed E-state index contributed by atoms with van der Waals surface area (Å²) in [6, 6.07) is 21.8. The Morgan fingerprint density at radius 1 is 0.875 bits per heavy atom. The molecule has 0 spiro atoms. The second-order valence-corrected chi connectivity index (χ2v) is 10.7. The molecular formula is C30H40Cl2N6O2. The highest BCUT2D eigenvalue weighted by Crippen LogP contribution is 2.29. The SMILES string of the molecule is CC(C)Cn1c(=O)n(C)c(=O)c2[nH]c(CCCN3CCN(C(c4ccccc4)c4ccccc4)CC3)nc21.Cl.Cl. The van der Waals surface area contributed by atoms with Crippen molar-refractivity contribution in [3.63, 3.8) is 0 Å². The maximum absolute atomic E-state index is 12.7. The number of rotatable bonds is 9. The van der Waals surface area contributed by atoms with Crippen LogP contribution in [-0.2, 0) is 20.0 Å². The van der Waals surface area contributed by atoms with Crippen LogP contribution < -0.4 is 11.2 Å². The molecule has 0 bridgehead atoms. The third-order valence-electron chi connectivity index (χ3n) is 7.46. The van der Waals surface area contributed by atoms with Crippen LogP contribution >= 0.6 is 24.8 Å². The van der Waals surface area contributed by atoms with Crippen molar-refractivity contribution in [1.29, 1.82) is 0 Å². The van der Waals surface area contributed by atoms with E-state index in [4.69, 9.17) is 0 Å². The van der Waals surface area contributed by atoms with Crippen molar-refractivity contribution < 1.29 is 0 Å². The Hall–Kier alpha value is -2.91. The highest BCUT2D eigenvalue weighted by Gasteiger charge is 2.26. The van der Waals surface area contributed by atoms with E-state index >= 15 is 0 Å². The fourth-order valence-electron chi connectivity index (χ4n) is 5.53. The predicted molar refractivity (Wildman–Crippen MR) is 166 cm³/mol. The minimum Gasteiger partial charge on any atom is -0.336 e. The van der Waals surface area contributed by atoms with Crippen molar-refractivity contribution in [2.75, 3.05) is 32.7 Å². The van der Waals surface area contributed by atoms with Crippen molar-refractivity contribution in [1.82, 2.24) is 28.9 Å². The van der Waals surface area contributed by atoms with Gasteiger partial charge in [-0.05, 0) is 30.0 Å². The van der Waals surface area contributed by atoms with Crippen molar-refractivity contribution >= 4 is 36.0 Å². The predicted octanol–water partition coefficient (Wildman–Crippen LogP) is 4.26. The van der Waals surface area contributed by atoms with Crippen LogP contribution in [0.15, 0.2) is 70.3 Å². The molecule has 0 amide bonds. The van der Waals surface area contributed by atoms with Gasteiger partial charge >= 0.3 is 5.69 Å². The number of halogens is 2. The van der Waals surface area contributed by atoms with Crippen molar-refractivity contribution in [2.24, 2.45) is 13.0 Å². The van der Waals surface area contributed by atoms with Crippen molar-refractivity contribution in [3.8, 4) is 0 Å². The molecule has 0 saturated carbocycles. The Morgan fingerprint density at radius 3 is 2.00 bits per heavy atom. The molecule has 2 aromatic carbocycles. The molecule has 5 rings (SSSR count). The van der Waals surface area contributed by atoms with E-state index < -0.39 is 0 Å². The number of aromatic amines is 1. The van der Waals surface area contributed by atoms with Gasteiger partial charge in [0.2, 0.25) is 0 Å². The van der Waals surface area contributed by atoms with E-state index in [2.05, 4.69) is 94.3 Å². The van der Waals surface area contributed by atoms with Gasteiger partial charge in [-0.15, -0.1) is 24.8 Å². The largest absolute Gasteiger partial charge is 0.336 e. The van der Waals surface area contributed by atoms with E-state index in [9.17, 15) is 9.59 Å². The summed E-state index contributed by atoms with van der Waals surface area (Å²) in [6.45, 7) is 9.67. The third-order valence-corrected chi connectivity index (χ3v) is 7.46. The molecule has 2 aromatic heterocycles. The monoisotopic (exact) mass is 586 g/mol. The quantitative estimate of drug-likeness (QED) is 0.317. The number of imidazole rings is 1. The van der Waals surface area contributed by atoms with Crippen LogP contribution in [0.2, 0.25) is 0 Å². The average molecular weight is 588 g/mol. The van der Waals surface area contributed by atoms with Gasteiger partial charge in [-0.3, -0.25) is 18.8 Å². The number of piperazine rings is 1. The Balaban J connectivity index is 0.00000220. The van der Waals surface area contributed by atoms with E-state index in [1.807, 2.05) is 0 Å². The molecule has 1 N–H and O–H groups in total. The van der Waals surface area contributed by atoms with E-state index in [1.165, 1.54) is 22.7 Å². The summed E-state index contributed by atoms with van der Waals surface area (Å²) in [7, 11) is 1.53. The first-order valence-corrected chi connectivity index (χ1v) is 13.7. The lowest BCUT2D eigenvalue weighted by molar-refractivity contribution is 0.108. The zero-order chi connectivity index (χ0) is 26.6. The van der Waals surface area contributed by atoms with Crippen LogP contribution in [0, 0.1) is 5.92 Å². The topological polar surface area (TPSA) is 79.2 Å². The molecule has 0 unspecified atom stereocenters. The van der Waals surface area contributed by atoms with E-state index in [0.29, 0.717) is 17.7 Å². The number of hydrogen-bond donors (Lipinski definition) is 1. The van der Waals surface area contributed by atoms with Gasteiger partial charge in [0.25, 0.3) is 5.56 Å². The summed E-state index contributed by atoms with van der Waals surface area (Å²) < 4.78 is 2.79. The molecule has 40 heavy (non-hydrogen) atoms. The molecule has 8 nitrogen and oxygen atoms in total. The number of fused-ring (bicyclic) bond motifs is 1. The van der Waals surface area contributed by atoms with Gasteiger partial charge in [0.1, 0.15) is 11.3 Å². The zero-order valence-corrected chi connectivity index (χ0v) is 25.1. The van der Waals surface area contributed by atoms with Crippen LogP contribution in [0.3, 0.4) is 0 Å². The third kappa shape index (κ3) is 6.86. The first-order valence-electron chi connectivity index (χ1n) is 13.7. The van der Waals surface area contributed by atoms with Gasteiger partial charge in [0, 0.05) is 46.2 Å². The number of aryl methyl sites for hydroxylation is 1. The first kappa shape index (κ1) is 31.6. The van der Waals surface area contributed by atoms with Gasteiger partial charge in [0.15, 0.2) is 5.65 Å². The lowest BCUT2D eigenvalue weighted by atomic mass is 9.96. The second kappa shape index (κ2) is 14.1. The number of nitrogens with zero attached hydrogens (tertiary/aromatic N) is 5. The van der Waals surface area contributed by atoms with Crippen molar-refractivity contribution in [2.45, 2.75) is 39.3 Å². The molecule has 0 atom stereocenters. The van der Waals surface area contributed by atoms with E-state index in [1.54, 1.807) is 4.57 Å². The normalized spacial score (nSPS) is 14.4. The van der Waals surface area contributed by atoms with Crippen LogP contribution in [0.25, 0.3) is 11.2 Å².